The van der Waals surface area contributed by atoms with Crippen molar-refractivity contribution in [3.63, 3.8) is 0 Å². The standard InChI is InChI=1S/C15H31NO2S/c1-13(2)12-15(9-5-6-10-15)14(16-3)8-7-11-19(4,17)18/h13-14,16H,5-12H2,1-4H3. The van der Waals surface area contributed by atoms with Gasteiger partial charge in [0.25, 0.3) is 0 Å². The molecular formula is C15H31NO2S. The predicted molar refractivity (Wildman–Crippen MR) is 82.1 cm³/mol. The molecule has 0 radical (unpaired) electrons. The molecule has 4 heteroatoms. The molecule has 1 aliphatic carbocycles. The molecule has 3 nitrogen and oxygen atoms in total. The van der Waals surface area contributed by atoms with Crippen molar-refractivity contribution in [1.82, 2.24) is 5.32 Å². The minimum Gasteiger partial charge on any atom is -0.316 e. The maximum atomic E-state index is 11.3. The second-order valence-corrected chi connectivity index (χ2v) is 9.04. The molecule has 1 unspecified atom stereocenters. The van der Waals surface area contributed by atoms with Crippen LogP contribution < -0.4 is 5.32 Å². The Morgan fingerprint density at radius 3 is 2.21 bits per heavy atom. The van der Waals surface area contributed by atoms with Crippen LogP contribution in [0.3, 0.4) is 0 Å². The molecule has 0 amide bonds. The number of hydrogen-bond acceptors (Lipinski definition) is 3. The van der Waals surface area contributed by atoms with Crippen LogP contribution in [0.15, 0.2) is 0 Å². The van der Waals surface area contributed by atoms with E-state index in [1.165, 1.54) is 38.4 Å². The number of nitrogens with one attached hydrogen (secondary N) is 1. The zero-order valence-electron chi connectivity index (χ0n) is 13.0. The number of rotatable bonds is 8. The van der Waals surface area contributed by atoms with Crippen LogP contribution in [0, 0.1) is 11.3 Å². The summed E-state index contributed by atoms with van der Waals surface area (Å²) in [7, 11) is -0.789. The second-order valence-electron chi connectivity index (χ2n) is 6.78. The van der Waals surface area contributed by atoms with Crippen molar-refractivity contribution < 1.29 is 8.42 Å². The lowest BCUT2D eigenvalue weighted by molar-refractivity contribution is 0.153. The number of hydrogen-bond donors (Lipinski definition) is 1. The van der Waals surface area contributed by atoms with Crippen LogP contribution in [0.25, 0.3) is 0 Å². The molecule has 1 aliphatic rings. The molecular weight excluding hydrogens is 258 g/mol. The van der Waals surface area contributed by atoms with E-state index in [-0.39, 0.29) is 0 Å². The fourth-order valence-corrected chi connectivity index (χ4v) is 4.58. The second kappa shape index (κ2) is 7.07. The van der Waals surface area contributed by atoms with Gasteiger partial charge in [0.05, 0.1) is 0 Å². The lowest BCUT2D eigenvalue weighted by Crippen LogP contribution is -2.43. The first kappa shape index (κ1) is 17.0. The normalized spacial score (nSPS) is 20.9. The fraction of sp³-hybridized carbons (Fsp3) is 1.00. The van der Waals surface area contributed by atoms with Crippen molar-refractivity contribution in [3.05, 3.63) is 0 Å². The average Bonchev–Trinajstić information content (AvgIpc) is 2.71. The highest BCUT2D eigenvalue weighted by molar-refractivity contribution is 7.90. The van der Waals surface area contributed by atoms with Gasteiger partial charge in [0.1, 0.15) is 9.84 Å². The van der Waals surface area contributed by atoms with Crippen LogP contribution in [-0.4, -0.2) is 33.5 Å². The molecule has 1 rings (SSSR count). The highest BCUT2D eigenvalue weighted by Crippen LogP contribution is 2.47. The average molecular weight is 289 g/mol. The summed E-state index contributed by atoms with van der Waals surface area (Å²) in [5.74, 6) is 1.03. The maximum Gasteiger partial charge on any atom is 0.147 e. The zero-order chi connectivity index (χ0) is 14.5. The van der Waals surface area contributed by atoms with Gasteiger partial charge in [-0.05, 0) is 50.5 Å². The van der Waals surface area contributed by atoms with Crippen LogP contribution in [0.1, 0.15) is 58.8 Å². The third kappa shape index (κ3) is 5.42. The van der Waals surface area contributed by atoms with Crippen molar-refractivity contribution in [2.45, 2.75) is 64.8 Å². The molecule has 0 aromatic carbocycles. The van der Waals surface area contributed by atoms with Crippen LogP contribution in [0.2, 0.25) is 0 Å². The quantitative estimate of drug-likeness (QED) is 0.747. The monoisotopic (exact) mass is 289 g/mol. The van der Waals surface area contributed by atoms with E-state index in [0.717, 1.165) is 12.8 Å². The van der Waals surface area contributed by atoms with E-state index in [4.69, 9.17) is 0 Å². The van der Waals surface area contributed by atoms with Gasteiger partial charge in [-0.15, -0.1) is 0 Å². The van der Waals surface area contributed by atoms with Gasteiger partial charge in [0.15, 0.2) is 0 Å². The summed E-state index contributed by atoms with van der Waals surface area (Å²) in [6.45, 7) is 4.59. The summed E-state index contributed by atoms with van der Waals surface area (Å²) in [5, 5.41) is 3.48. The topological polar surface area (TPSA) is 46.2 Å². The Morgan fingerprint density at radius 2 is 1.79 bits per heavy atom. The summed E-state index contributed by atoms with van der Waals surface area (Å²) < 4.78 is 22.5. The molecule has 0 aromatic heterocycles. The van der Waals surface area contributed by atoms with Gasteiger partial charge in [0, 0.05) is 18.1 Å². The van der Waals surface area contributed by atoms with Crippen LogP contribution in [-0.2, 0) is 9.84 Å². The minimum absolute atomic E-state index is 0.322. The molecule has 1 fully saturated rings. The highest BCUT2D eigenvalue weighted by atomic mass is 32.2. The van der Waals surface area contributed by atoms with E-state index in [2.05, 4.69) is 19.2 Å². The summed E-state index contributed by atoms with van der Waals surface area (Å²) >= 11 is 0. The Morgan fingerprint density at radius 1 is 1.21 bits per heavy atom. The first-order chi connectivity index (χ1) is 8.79. The molecule has 1 atom stereocenters. The Hall–Kier alpha value is -0.0900. The lowest BCUT2D eigenvalue weighted by Gasteiger charge is -2.39. The molecule has 0 saturated heterocycles. The first-order valence-corrected chi connectivity index (χ1v) is 9.70. The van der Waals surface area contributed by atoms with Crippen molar-refractivity contribution >= 4 is 9.84 Å². The largest absolute Gasteiger partial charge is 0.316 e. The van der Waals surface area contributed by atoms with E-state index in [9.17, 15) is 8.42 Å². The lowest BCUT2D eigenvalue weighted by atomic mass is 9.71. The first-order valence-electron chi connectivity index (χ1n) is 7.64. The van der Waals surface area contributed by atoms with Crippen LogP contribution >= 0.6 is 0 Å². The van der Waals surface area contributed by atoms with Gasteiger partial charge >= 0.3 is 0 Å². The van der Waals surface area contributed by atoms with Gasteiger partial charge < -0.3 is 5.32 Å². The SMILES string of the molecule is CNC(CCCS(C)(=O)=O)C1(CC(C)C)CCCC1. The summed E-state index contributed by atoms with van der Waals surface area (Å²) in [6, 6.07) is 0.471. The van der Waals surface area contributed by atoms with E-state index in [1.807, 2.05) is 7.05 Å². The Balaban J connectivity index is 2.63. The molecule has 0 spiro atoms. The molecule has 1 N–H and O–H groups in total. The Labute approximate surface area is 119 Å². The van der Waals surface area contributed by atoms with Crippen molar-refractivity contribution in [2.24, 2.45) is 11.3 Å². The predicted octanol–water partition coefficient (Wildman–Crippen LogP) is 3.01. The maximum absolute atomic E-state index is 11.3. The molecule has 0 heterocycles. The van der Waals surface area contributed by atoms with Crippen LogP contribution in [0.4, 0.5) is 0 Å². The summed E-state index contributed by atoms with van der Waals surface area (Å²) in [6.07, 6.45) is 9.62. The van der Waals surface area contributed by atoms with Crippen molar-refractivity contribution in [2.75, 3.05) is 19.1 Å². The molecule has 19 heavy (non-hydrogen) atoms. The molecule has 0 aliphatic heterocycles. The van der Waals surface area contributed by atoms with Gasteiger partial charge in [-0.1, -0.05) is 26.7 Å². The third-order valence-corrected chi connectivity index (χ3v) is 5.54. The molecule has 0 aromatic rings. The smallest absolute Gasteiger partial charge is 0.147 e. The molecule has 1 saturated carbocycles. The van der Waals surface area contributed by atoms with E-state index < -0.39 is 9.84 Å². The van der Waals surface area contributed by atoms with E-state index in [1.54, 1.807) is 0 Å². The Kier molecular flexibility index (Phi) is 6.31. The third-order valence-electron chi connectivity index (χ3n) is 4.51. The summed E-state index contributed by atoms with van der Waals surface area (Å²) in [5.41, 5.74) is 0.403. The van der Waals surface area contributed by atoms with Crippen LogP contribution in [0.5, 0.6) is 0 Å². The van der Waals surface area contributed by atoms with E-state index in [0.29, 0.717) is 23.1 Å². The van der Waals surface area contributed by atoms with Crippen molar-refractivity contribution in [1.29, 1.82) is 0 Å². The van der Waals surface area contributed by atoms with Gasteiger partial charge in [-0.3, -0.25) is 0 Å². The number of sulfone groups is 1. The van der Waals surface area contributed by atoms with Gasteiger partial charge in [0.2, 0.25) is 0 Å². The summed E-state index contributed by atoms with van der Waals surface area (Å²) in [4.78, 5) is 0. The van der Waals surface area contributed by atoms with Gasteiger partial charge in [-0.25, -0.2) is 8.42 Å². The fourth-order valence-electron chi connectivity index (χ4n) is 3.89. The molecule has 0 bridgehead atoms. The Bertz CT molecular complexity index is 356. The highest BCUT2D eigenvalue weighted by Gasteiger charge is 2.40. The van der Waals surface area contributed by atoms with Gasteiger partial charge in [-0.2, -0.15) is 0 Å². The van der Waals surface area contributed by atoms with E-state index >= 15 is 0 Å². The van der Waals surface area contributed by atoms with Crippen molar-refractivity contribution in [3.8, 4) is 0 Å². The minimum atomic E-state index is -2.82. The molecule has 114 valence electrons. The zero-order valence-corrected chi connectivity index (χ0v) is 13.9.